The first-order chi connectivity index (χ1) is 7.41. The Morgan fingerprint density at radius 2 is 2.00 bits per heavy atom. The van der Waals surface area contributed by atoms with Crippen LogP contribution in [0.4, 0.5) is 0 Å². The first-order valence-corrected chi connectivity index (χ1v) is 8.41. The molecular weight excluding hydrogens is 217 g/mol. The van der Waals surface area contributed by atoms with Gasteiger partial charge in [-0.2, -0.15) is 0 Å². The highest BCUT2D eigenvalue weighted by atomic mass is 31.2. The van der Waals surface area contributed by atoms with Gasteiger partial charge in [-0.05, 0) is 44.1 Å². The summed E-state index contributed by atoms with van der Waals surface area (Å²) in [6.45, 7) is 5.74. The monoisotopic (exact) mass is 237 g/mol. The highest BCUT2D eigenvalue weighted by Crippen LogP contribution is 2.51. The summed E-state index contributed by atoms with van der Waals surface area (Å²) in [6, 6.07) is 8.37. The van der Waals surface area contributed by atoms with E-state index in [0.29, 0.717) is 11.8 Å². The lowest BCUT2D eigenvalue weighted by atomic mass is 10.1. The number of nitrogens with two attached hydrogens (primary N) is 1. The summed E-state index contributed by atoms with van der Waals surface area (Å²) in [5, 5.41) is 1.04. The molecule has 0 spiro atoms. The van der Waals surface area contributed by atoms with Crippen LogP contribution in [0.1, 0.15) is 24.8 Å². The predicted octanol–water partition coefficient (Wildman–Crippen LogP) is 2.39. The van der Waals surface area contributed by atoms with Crippen molar-refractivity contribution in [2.75, 3.05) is 13.3 Å². The summed E-state index contributed by atoms with van der Waals surface area (Å²) in [7, 11) is -2.17. The highest BCUT2D eigenvalue weighted by molar-refractivity contribution is 7.70. The second kappa shape index (κ2) is 4.01. The average molecular weight is 237 g/mol. The fourth-order valence-corrected chi connectivity index (χ4v) is 3.75. The topological polar surface area (TPSA) is 43.1 Å². The van der Waals surface area contributed by atoms with Crippen molar-refractivity contribution < 1.29 is 4.57 Å². The van der Waals surface area contributed by atoms with E-state index in [0.717, 1.165) is 11.7 Å². The van der Waals surface area contributed by atoms with E-state index in [-0.39, 0.29) is 6.04 Å². The van der Waals surface area contributed by atoms with Crippen LogP contribution in [0, 0.1) is 5.92 Å². The maximum atomic E-state index is 12.2. The molecule has 1 aliphatic rings. The van der Waals surface area contributed by atoms with E-state index < -0.39 is 7.14 Å². The van der Waals surface area contributed by atoms with Crippen LogP contribution in [0.15, 0.2) is 24.3 Å². The second-order valence-electron chi connectivity index (χ2n) is 5.27. The largest absolute Gasteiger partial charge is 0.328 e. The Hall–Kier alpha value is -0.590. The van der Waals surface area contributed by atoms with Crippen molar-refractivity contribution in [3.05, 3.63) is 29.8 Å². The molecule has 88 valence electrons. The molecule has 16 heavy (non-hydrogen) atoms. The Morgan fingerprint density at radius 3 is 2.50 bits per heavy atom. The zero-order chi connectivity index (χ0) is 11.9. The molecule has 0 amide bonds. The van der Waals surface area contributed by atoms with Crippen molar-refractivity contribution in [1.82, 2.24) is 0 Å². The fraction of sp³-hybridized carbons (Fsp3) is 0.538. The molecule has 0 aliphatic heterocycles. The van der Waals surface area contributed by atoms with Crippen LogP contribution in [-0.2, 0) is 4.57 Å². The molecule has 1 aliphatic carbocycles. The van der Waals surface area contributed by atoms with Gasteiger partial charge in [0, 0.05) is 11.3 Å². The van der Waals surface area contributed by atoms with E-state index in [2.05, 4.69) is 13.0 Å². The third-order valence-corrected chi connectivity index (χ3v) is 5.00. The van der Waals surface area contributed by atoms with Gasteiger partial charge in [-0.25, -0.2) is 0 Å². The van der Waals surface area contributed by atoms with E-state index in [1.807, 2.05) is 31.5 Å². The molecule has 3 unspecified atom stereocenters. The molecule has 0 bridgehead atoms. The zero-order valence-corrected chi connectivity index (χ0v) is 11.1. The van der Waals surface area contributed by atoms with E-state index in [1.54, 1.807) is 0 Å². The number of hydrogen-bond donors (Lipinski definition) is 1. The minimum atomic E-state index is -2.17. The molecule has 2 nitrogen and oxygen atoms in total. The molecule has 1 fully saturated rings. The van der Waals surface area contributed by atoms with Gasteiger partial charge in [-0.1, -0.05) is 24.3 Å². The number of hydrogen-bond acceptors (Lipinski definition) is 2. The third-order valence-electron chi connectivity index (χ3n) is 3.43. The van der Waals surface area contributed by atoms with Crippen LogP contribution < -0.4 is 11.0 Å². The molecule has 0 heterocycles. The Morgan fingerprint density at radius 1 is 1.38 bits per heavy atom. The lowest BCUT2D eigenvalue weighted by Crippen LogP contribution is -2.19. The minimum absolute atomic E-state index is 0.242. The number of benzene rings is 1. The standard InChI is InChI=1S/C13H20NOP/c1-9(14)11-8-12(11)10-6-4-5-7-13(10)16(2,3)15/h4-7,9,11-12H,8,14H2,1-3H3. The Bertz CT molecular complexity index is 435. The van der Waals surface area contributed by atoms with Gasteiger partial charge in [0.25, 0.3) is 0 Å². The molecule has 1 saturated carbocycles. The molecule has 0 aromatic heterocycles. The summed E-state index contributed by atoms with van der Waals surface area (Å²) in [4.78, 5) is 0. The van der Waals surface area contributed by atoms with Crippen LogP contribution in [-0.4, -0.2) is 19.4 Å². The van der Waals surface area contributed by atoms with E-state index in [1.165, 1.54) is 5.56 Å². The lowest BCUT2D eigenvalue weighted by molar-refractivity contribution is 0.588. The molecule has 1 aromatic rings. The van der Waals surface area contributed by atoms with Crippen LogP contribution >= 0.6 is 7.14 Å². The summed E-state index contributed by atoms with van der Waals surface area (Å²) < 4.78 is 12.2. The SMILES string of the molecule is CC(N)C1CC1c1ccccc1P(C)(C)=O. The van der Waals surface area contributed by atoms with Gasteiger partial charge >= 0.3 is 0 Å². The van der Waals surface area contributed by atoms with Crippen molar-refractivity contribution >= 4 is 12.4 Å². The first-order valence-electron chi connectivity index (χ1n) is 5.81. The normalized spacial score (nSPS) is 26.5. The summed E-state index contributed by atoms with van der Waals surface area (Å²) in [5.74, 6) is 1.11. The Balaban J connectivity index is 2.33. The molecule has 2 N–H and O–H groups in total. The maximum Gasteiger partial charge on any atom is 0.110 e. The summed E-state index contributed by atoms with van der Waals surface area (Å²) in [6.07, 6.45) is 1.15. The molecule has 3 atom stereocenters. The molecule has 0 radical (unpaired) electrons. The van der Waals surface area contributed by atoms with Crippen molar-refractivity contribution in [2.45, 2.75) is 25.3 Å². The van der Waals surface area contributed by atoms with Crippen molar-refractivity contribution in [3.8, 4) is 0 Å². The van der Waals surface area contributed by atoms with Crippen LogP contribution in [0.2, 0.25) is 0 Å². The van der Waals surface area contributed by atoms with Gasteiger partial charge in [0.2, 0.25) is 0 Å². The van der Waals surface area contributed by atoms with E-state index in [9.17, 15) is 4.57 Å². The van der Waals surface area contributed by atoms with Crippen molar-refractivity contribution in [1.29, 1.82) is 0 Å². The summed E-state index contributed by atoms with van der Waals surface area (Å²) in [5.41, 5.74) is 7.18. The predicted molar refractivity (Wildman–Crippen MR) is 70.0 cm³/mol. The molecule has 0 saturated heterocycles. The van der Waals surface area contributed by atoms with Crippen LogP contribution in [0.5, 0.6) is 0 Å². The van der Waals surface area contributed by atoms with Gasteiger partial charge in [0.05, 0.1) is 0 Å². The van der Waals surface area contributed by atoms with Gasteiger partial charge in [-0.15, -0.1) is 0 Å². The van der Waals surface area contributed by atoms with E-state index in [4.69, 9.17) is 5.73 Å². The first kappa shape index (κ1) is 11.9. The minimum Gasteiger partial charge on any atom is -0.328 e. The quantitative estimate of drug-likeness (QED) is 0.820. The number of rotatable bonds is 3. The average Bonchev–Trinajstić information content (AvgIpc) is 2.95. The lowest BCUT2D eigenvalue weighted by Gasteiger charge is -2.13. The van der Waals surface area contributed by atoms with Crippen molar-refractivity contribution in [2.24, 2.45) is 11.7 Å². The maximum absolute atomic E-state index is 12.2. The second-order valence-corrected chi connectivity index (χ2v) is 8.46. The Labute approximate surface area is 97.6 Å². The van der Waals surface area contributed by atoms with Crippen LogP contribution in [0.25, 0.3) is 0 Å². The van der Waals surface area contributed by atoms with Gasteiger partial charge in [-0.3, -0.25) is 0 Å². The molecular formula is C13H20NOP. The highest BCUT2D eigenvalue weighted by Gasteiger charge is 2.42. The molecule has 2 rings (SSSR count). The Kier molecular flexibility index (Phi) is 2.98. The van der Waals surface area contributed by atoms with E-state index >= 15 is 0 Å². The molecule has 3 heteroatoms. The van der Waals surface area contributed by atoms with Crippen LogP contribution in [0.3, 0.4) is 0 Å². The van der Waals surface area contributed by atoms with Gasteiger partial charge < -0.3 is 10.3 Å². The smallest absolute Gasteiger partial charge is 0.110 e. The molecule has 1 aromatic carbocycles. The summed E-state index contributed by atoms with van der Waals surface area (Å²) >= 11 is 0. The van der Waals surface area contributed by atoms with Gasteiger partial charge in [0.15, 0.2) is 0 Å². The zero-order valence-electron chi connectivity index (χ0n) is 10.2. The fourth-order valence-electron chi connectivity index (χ4n) is 2.44. The van der Waals surface area contributed by atoms with Gasteiger partial charge in [0.1, 0.15) is 7.14 Å². The van der Waals surface area contributed by atoms with Crippen molar-refractivity contribution in [3.63, 3.8) is 0 Å². The third kappa shape index (κ3) is 2.23.